The van der Waals surface area contributed by atoms with Crippen LogP contribution in [0.1, 0.15) is 32.8 Å². The number of amides is 1. The van der Waals surface area contributed by atoms with E-state index in [9.17, 15) is 4.79 Å². The first-order chi connectivity index (χ1) is 9.43. The van der Waals surface area contributed by atoms with Gasteiger partial charge in [-0.15, -0.1) is 0 Å². The van der Waals surface area contributed by atoms with Gasteiger partial charge in [0.15, 0.2) is 0 Å². The molecule has 1 aromatic rings. The summed E-state index contributed by atoms with van der Waals surface area (Å²) in [5.74, 6) is 0. The van der Waals surface area contributed by atoms with Gasteiger partial charge in [-0.3, -0.25) is 4.79 Å². The van der Waals surface area contributed by atoms with Crippen molar-refractivity contribution in [3.63, 3.8) is 0 Å². The normalized spacial score (nSPS) is 9.50. The van der Waals surface area contributed by atoms with E-state index in [2.05, 4.69) is 45.1 Å². The number of ether oxygens (including phenoxy) is 1. The number of hydrogen-bond donors (Lipinski definition) is 2. The molecule has 0 unspecified atom stereocenters. The lowest BCUT2D eigenvalue weighted by Crippen LogP contribution is -2.20. The first kappa shape index (κ1) is 20.9. The number of benzene rings is 1. The molecule has 1 aromatic carbocycles. The zero-order valence-electron chi connectivity index (χ0n) is 13.3. The number of methoxy groups -OCH3 is 1. The zero-order chi connectivity index (χ0) is 15.9. The predicted molar refractivity (Wildman–Crippen MR) is 83.7 cm³/mol. The highest BCUT2D eigenvalue weighted by Gasteiger charge is 2.10. The molecule has 1 amide bonds. The highest BCUT2D eigenvalue weighted by Crippen LogP contribution is 2.10. The molecule has 0 saturated carbocycles. The Hall–Kier alpha value is -1.39. The summed E-state index contributed by atoms with van der Waals surface area (Å²) in [6, 6.07) is 10.3. The molecule has 0 fully saturated rings. The van der Waals surface area contributed by atoms with Crippen molar-refractivity contribution in [3.05, 3.63) is 35.9 Å². The molecule has 0 aliphatic carbocycles. The van der Waals surface area contributed by atoms with Crippen LogP contribution >= 0.6 is 0 Å². The first-order valence-corrected chi connectivity index (χ1v) is 6.78. The second kappa shape index (κ2) is 14.0. The lowest BCUT2D eigenvalue weighted by Gasteiger charge is -2.19. The molecule has 2 N–H and O–H groups in total. The van der Waals surface area contributed by atoms with Crippen LogP contribution in [0, 0.1) is 6.92 Å². The lowest BCUT2D eigenvalue weighted by molar-refractivity contribution is -0.109. The summed E-state index contributed by atoms with van der Waals surface area (Å²) in [4.78, 5) is 9.34. The molecule has 0 bridgehead atoms. The van der Waals surface area contributed by atoms with Gasteiger partial charge < -0.3 is 15.2 Å². The lowest BCUT2D eigenvalue weighted by atomic mass is 10.1. The fourth-order valence-corrected chi connectivity index (χ4v) is 0.802. The molecule has 116 valence electrons. The van der Waals surface area contributed by atoms with Crippen molar-refractivity contribution < 1.29 is 14.6 Å². The van der Waals surface area contributed by atoms with Crippen LogP contribution in [-0.2, 0) is 9.53 Å². The van der Waals surface area contributed by atoms with Crippen LogP contribution in [0.3, 0.4) is 0 Å². The third kappa shape index (κ3) is 16.6. The van der Waals surface area contributed by atoms with Crippen LogP contribution in [-0.4, -0.2) is 37.4 Å². The zero-order valence-corrected chi connectivity index (χ0v) is 13.3. The molecule has 0 spiro atoms. The molecule has 0 aromatic heterocycles. The average Bonchev–Trinajstić information content (AvgIpc) is 2.47. The third-order valence-corrected chi connectivity index (χ3v) is 2.68. The molecule has 4 heteroatoms. The fourth-order valence-electron chi connectivity index (χ4n) is 0.802. The number of aryl methyl sites for hydroxylation is 1. The molecule has 0 heterocycles. The van der Waals surface area contributed by atoms with Gasteiger partial charge in [-0.05, 0) is 27.2 Å². The summed E-state index contributed by atoms with van der Waals surface area (Å²) in [6.45, 7) is 8.71. The topological polar surface area (TPSA) is 58.6 Å². The number of aliphatic hydroxyl groups excluding tert-OH is 1. The minimum Gasteiger partial charge on any atom is -0.395 e. The van der Waals surface area contributed by atoms with E-state index in [1.165, 1.54) is 5.56 Å². The van der Waals surface area contributed by atoms with Crippen LogP contribution in [0.5, 0.6) is 0 Å². The average molecular weight is 283 g/mol. The van der Waals surface area contributed by atoms with E-state index >= 15 is 0 Å². The van der Waals surface area contributed by atoms with E-state index in [1.807, 2.05) is 18.2 Å². The number of carbonyl (C=O) groups excluding carboxylic acids is 1. The van der Waals surface area contributed by atoms with Crippen LogP contribution in [0.4, 0.5) is 0 Å². The molecule has 0 radical (unpaired) electrons. The van der Waals surface area contributed by atoms with Gasteiger partial charge in [-0.1, -0.05) is 42.8 Å². The summed E-state index contributed by atoms with van der Waals surface area (Å²) < 4.78 is 5.09. The van der Waals surface area contributed by atoms with Crippen LogP contribution in [0.2, 0.25) is 0 Å². The maximum absolute atomic E-state index is 9.34. The largest absolute Gasteiger partial charge is 0.395 e. The van der Waals surface area contributed by atoms with Gasteiger partial charge in [0.2, 0.25) is 6.41 Å². The Labute approximate surface area is 123 Å². The van der Waals surface area contributed by atoms with Gasteiger partial charge >= 0.3 is 0 Å². The van der Waals surface area contributed by atoms with Crippen molar-refractivity contribution in [2.75, 3.05) is 20.3 Å². The highest BCUT2D eigenvalue weighted by atomic mass is 16.5. The smallest absolute Gasteiger partial charge is 0.207 e. The quantitative estimate of drug-likeness (QED) is 0.645. The maximum atomic E-state index is 9.34. The summed E-state index contributed by atoms with van der Waals surface area (Å²) in [5.41, 5.74) is 1.41. The second-order valence-electron chi connectivity index (χ2n) is 4.77. The van der Waals surface area contributed by atoms with Crippen molar-refractivity contribution in [3.8, 4) is 0 Å². The number of rotatable bonds is 5. The number of hydrogen-bond acceptors (Lipinski definition) is 3. The van der Waals surface area contributed by atoms with Crippen molar-refractivity contribution in [1.82, 2.24) is 5.32 Å². The van der Waals surface area contributed by atoms with Crippen LogP contribution in [0.15, 0.2) is 30.3 Å². The Morgan fingerprint density at radius 2 is 1.85 bits per heavy atom. The molecule has 0 aliphatic rings. The number of carbonyl (C=O) groups is 1. The Morgan fingerprint density at radius 3 is 2.00 bits per heavy atom. The maximum Gasteiger partial charge on any atom is 0.207 e. The van der Waals surface area contributed by atoms with Crippen molar-refractivity contribution in [2.45, 2.75) is 39.7 Å². The third-order valence-electron chi connectivity index (χ3n) is 2.68. The summed E-state index contributed by atoms with van der Waals surface area (Å²) in [5, 5.41) is 10.2. The minimum absolute atomic E-state index is 0.0126. The van der Waals surface area contributed by atoms with E-state index in [0.29, 0.717) is 13.0 Å². The van der Waals surface area contributed by atoms with Crippen molar-refractivity contribution >= 4 is 6.41 Å². The molecule has 1 rings (SSSR count). The van der Waals surface area contributed by atoms with Crippen LogP contribution in [0.25, 0.3) is 0 Å². The van der Waals surface area contributed by atoms with Gasteiger partial charge in [0.1, 0.15) is 0 Å². The van der Waals surface area contributed by atoms with Crippen molar-refractivity contribution in [1.29, 1.82) is 0 Å². The summed E-state index contributed by atoms with van der Waals surface area (Å²) in [7, 11) is 1.74. The van der Waals surface area contributed by atoms with Gasteiger partial charge in [-0.2, -0.15) is 0 Å². The SMILES string of the molecule is CCC(C)(C)OC.Cc1ccccc1.O=CNCCO. The standard InChI is InChI=1S/C7H8.C6H14O.C3H7NO2/c1-7-5-3-2-4-6-7;1-5-6(2,3)7-4;5-2-1-4-3-6/h2-6H,1H3;5H2,1-4H3;3,5H,1-2H2,(H,4,6). The van der Waals surface area contributed by atoms with Gasteiger partial charge in [0.05, 0.1) is 12.2 Å². The van der Waals surface area contributed by atoms with E-state index in [4.69, 9.17) is 9.84 Å². The Balaban J connectivity index is 0. The molecule has 20 heavy (non-hydrogen) atoms. The van der Waals surface area contributed by atoms with E-state index in [0.717, 1.165) is 6.42 Å². The predicted octanol–water partition coefficient (Wildman–Crippen LogP) is 2.54. The van der Waals surface area contributed by atoms with Crippen molar-refractivity contribution in [2.24, 2.45) is 0 Å². The molecule has 0 saturated heterocycles. The molecule has 0 atom stereocenters. The molecule has 0 aliphatic heterocycles. The molecular weight excluding hydrogens is 254 g/mol. The first-order valence-electron chi connectivity index (χ1n) is 6.78. The second-order valence-corrected chi connectivity index (χ2v) is 4.77. The van der Waals surface area contributed by atoms with Gasteiger partial charge in [0.25, 0.3) is 0 Å². The summed E-state index contributed by atoms with van der Waals surface area (Å²) >= 11 is 0. The highest BCUT2D eigenvalue weighted by molar-refractivity contribution is 5.45. The Morgan fingerprint density at radius 1 is 1.30 bits per heavy atom. The molecular formula is C16H29NO3. The number of aliphatic hydroxyl groups is 1. The Kier molecular flexibility index (Phi) is 14.7. The van der Waals surface area contributed by atoms with Gasteiger partial charge in [0, 0.05) is 13.7 Å². The van der Waals surface area contributed by atoms with E-state index < -0.39 is 0 Å². The number of nitrogens with one attached hydrogen (secondary N) is 1. The summed E-state index contributed by atoms with van der Waals surface area (Å²) in [6.07, 6.45) is 1.62. The monoisotopic (exact) mass is 283 g/mol. The Bertz CT molecular complexity index is 307. The fraction of sp³-hybridized carbons (Fsp3) is 0.562. The van der Waals surface area contributed by atoms with E-state index in [1.54, 1.807) is 7.11 Å². The molecule has 4 nitrogen and oxygen atoms in total. The van der Waals surface area contributed by atoms with Gasteiger partial charge in [-0.25, -0.2) is 0 Å². The van der Waals surface area contributed by atoms with Crippen LogP contribution < -0.4 is 5.32 Å². The minimum atomic E-state index is 0.0126. The van der Waals surface area contributed by atoms with E-state index in [-0.39, 0.29) is 12.2 Å².